The zero-order chi connectivity index (χ0) is 20.2. The summed E-state index contributed by atoms with van der Waals surface area (Å²) in [5.41, 5.74) is 5.23. The predicted molar refractivity (Wildman–Crippen MR) is 99.3 cm³/mol. The second kappa shape index (κ2) is 8.28. The summed E-state index contributed by atoms with van der Waals surface area (Å²) < 4.78 is 37.5. The Morgan fingerprint density at radius 2 is 1.78 bits per heavy atom. The van der Waals surface area contributed by atoms with Gasteiger partial charge in [0.2, 0.25) is 0 Å². The molecule has 0 saturated heterocycles. The number of halogens is 1. The van der Waals surface area contributed by atoms with Crippen LogP contribution in [0.25, 0.3) is 0 Å². The molecule has 10 heteroatoms. The van der Waals surface area contributed by atoms with Crippen molar-refractivity contribution in [3.05, 3.63) is 53.1 Å². The number of esters is 1. The summed E-state index contributed by atoms with van der Waals surface area (Å²) in [7, 11) is -2.60. The van der Waals surface area contributed by atoms with E-state index in [1.165, 1.54) is 38.3 Å². The van der Waals surface area contributed by atoms with Crippen LogP contribution in [0.2, 0.25) is 5.02 Å². The molecule has 27 heavy (non-hydrogen) atoms. The second-order valence-electron chi connectivity index (χ2n) is 5.43. The van der Waals surface area contributed by atoms with Gasteiger partial charge in [0.1, 0.15) is 10.6 Å². The molecule has 1 atom stereocenters. The summed E-state index contributed by atoms with van der Waals surface area (Å²) in [4.78, 5) is 22.8. The Labute approximate surface area is 161 Å². The molecule has 0 aliphatic heterocycles. The average Bonchev–Trinajstić information content (AvgIpc) is 2.62. The van der Waals surface area contributed by atoms with E-state index in [9.17, 15) is 18.0 Å². The van der Waals surface area contributed by atoms with E-state index >= 15 is 0 Å². The van der Waals surface area contributed by atoms with E-state index in [-0.39, 0.29) is 21.2 Å². The van der Waals surface area contributed by atoms with Crippen molar-refractivity contribution in [3.8, 4) is 5.75 Å². The van der Waals surface area contributed by atoms with Crippen LogP contribution in [0.4, 0.5) is 5.69 Å². The van der Waals surface area contributed by atoms with Gasteiger partial charge in [-0.25, -0.2) is 13.2 Å². The Morgan fingerprint density at radius 1 is 1.15 bits per heavy atom. The van der Waals surface area contributed by atoms with Crippen LogP contribution in [-0.2, 0) is 19.6 Å². The maximum absolute atomic E-state index is 12.6. The molecular weight excluding hydrogens is 396 g/mol. The number of rotatable bonds is 7. The molecule has 2 aromatic carbocycles. The maximum atomic E-state index is 12.6. The standard InChI is InChI=1S/C17H17ClN2O6S/c1-10(16(19)21)26-17(22)11-3-8-14(18)15(9-11)27(23,24)20-12-4-6-13(25-2)7-5-12/h3-10,20H,1-2H3,(H2,19,21). The largest absolute Gasteiger partial charge is 0.497 e. The zero-order valence-corrected chi connectivity index (χ0v) is 16.0. The lowest BCUT2D eigenvalue weighted by atomic mass is 10.2. The highest BCUT2D eigenvalue weighted by atomic mass is 35.5. The zero-order valence-electron chi connectivity index (χ0n) is 14.4. The minimum Gasteiger partial charge on any atom is -0.497 e. The summed E-state index contributed by atoms with van der Waals surface area (Å²) >= 11 is 5.99. The first-order valence-electron chi connectivity index (χ1n) is 7.61. The van der Waals surface area contributed by atoms with Crippen molar-refractivity contribution in [2.45, 2.75) is 17.9 Å². The van der Waals surface area contributed by atoms with Crippen LogP contribution in [0.15, 0.2) is 47.4 Å². The fourth-order valence-corrected chi connectivity index (χ4v) is 3.58. The van der Waals surface area contributed by atoms with E-state index in [2.05, 4.69) is 4.72 Å². The van der Waals surface area contributed by atoms with Gasteiger partial charge in [-0.05, 0) is 49.4 Å². The minimum atomic E-state index is -4.09. The molecule has 0 aromatic heterocycles. The predicted octanol–water partition coefficient (Wildman–Crippen LogP) is 2.18. The van der Waals surface area contributed by atoms with E-state index < -0.39 is 28.0 Å². The molecule has 0 aliphatic rings. The van der Waals surface area contributed by atoms with Crippen molar-refractivity contribution >= 4 is 39.2 Å². The van der Waals surface area contributed by atoms with E-state index in [1.807, 2.05) is 0 Å². The number of carbonyl (C=O) groups excluding carboxylic acids is 2. The Kier molecular flexibility index (Phi) is 6.29. The maximum Gasteiger partial charge on any atom is 0.338 e. The summed E-state index contributed by atoms with van der Waals surface area (Å²) in [6.07, 6.45) is -1.16. The first kappa shape index (κ1) is 20.5. The first-order chi connectivity index (χ1) is 12.6. The molecule has 0 radical (unpaired) electrons. The number of benzene rings is 2. The molecule has 0 heterocycles. The van der Waals surface area contributed by atoms with E-state index in [0.717, 1.165) is 6.07 Å². The van der Waals surface area contributed by atoms with Crippen LogP contribution in [0.1, 0.15) is 17.3 Å². The third-order valence-electron chi connectivity index (χ3n) is 3.48. The van der Waals surface area contributed by atoms with Crippen LogP contribution in [0.5, 0.6) is 5.75 Å². The number of nitrogens with one attached hydrogen (secondary N) is 1. The third-order valence-corrected chi connectivity index (χ3v) is 5.35. The van der Waals surface area contributed by atoms with Gasteiger partial charge in [-0.15, -0.1) is 0 Å². The van der Waals surface area contributed by atoms with Gasteiger partial charge in [0.05, 0.1) is 17.7 Å². The van der Waals surface area contributed by atoms with Gasteiger partial charge in [0.25, 0.3) is 15.9 Å². The third kappa shape index (κ3) is 5.11. The van der Waals surface area contributed by atoms with Gasteiger partial charge in [-0.2, -0.15) is 0 Å². The number of hydrogen-bond donors (Lipinski definition) is 2. The van der Waals surface area contributed by atoms with Crippen molar-refractivity contribution in [2.24, 2.45) is 5.73 Å². The fraction of sp³-hybridized carbons (Fsp3) is 0.176. The molecule has 144 valence electrons. The fourth-order valence-electron chi connectivity index (χ4n) is 1.99. The number of methoxy groups -OCH3 is 1. The summed E-state index contributed by atoms with van der Waals surface area (Å²) in [5, 5.41) is -0.0875. The summed E-state index contributed by atoms with van der Waals surface area (Å²) in [6.45, 7) is 1.30. The van der Waals surface area contributed by atoms with Crippen molar-refractivity contribution in [3.63, 3.8) is 0 Å². The number of hydrogen-bond acceptors (Lipinski definition) is 6. The molecule has 0 aliphatic carbocycles. The number of carbonyl (C=O) groups is 2. The smallest absolute Gasteiger partial charge is 0.338 e. The van der Waals surface area contributed by atoms with Gasteiger partial charge in [0.15, 0.2) is 6.10 Å². The van der Waals surface area contributed by atoms with E-state index in [0.29, 0.717) is 5.75 Å². The molecule has 1 amide bonds. The molecule has 1 unspecified atom stereocenters. The Morgan fingerprint density at radius 3 is 2.33 bits per heavy atom. The Balaban J connectivity index is 2.30. The SMILES string of the molecule is COc1ccc(NS(=O)(=O)c2cc(C(=O)OC(C)C(N)=O)ccc2Cl)cc1. The van der Waals surface area contributed by atoms with Gasteiger partial charge in [0, 0.05) is 5.69 Å². The van der Waals surface area contributed by atoms with Gasteiger partial charge in [-0.3, -0.25) is 9.52 Å². The van der Waals surface area contributed by atoms with E-state index in [1.54, 1.807) is 12.1 Å². The van der Waals surface area contributed by atoms with Crippen molar-refractivity contribution < 1.29 is 27.5 Å². The van der Waals surface area contributed by atoms with Crippen LogP contribution >= 0.6 is 11.6 Å². The number of sulfonamides is 1. The molecule has 0 saturated carbocycles. The number of primary amides is 1. The lowest BCUT2D eigenvalue weighted by Gasteiger charge is -2.13. The number of amides is 1. The lowest BCUT2D eigenvalue weighted by molar-refractivity contribution is -0.125. The highest BCUT2D eigenvalue weighted by Gasteiger charge is 2.22. The molecule has 2 aromatic rings. The van der Waals surface area contributed by atoms with Gasteiger partial charge in [-0.1, -0.05) is 11.6 Å². The number of ether oxygens (including phenoxy) is 2. The molecule has 0 bridgehead atoms. The normalized spacial score (nSPS) is 12.1. The summed E-state index contributed by atoms with van der Waals surface area (Å²) in [5.74, 6) is -1.17. The Bertz CT molecular complexity index is 960. The van der Waals surface area contributed by atoms with E-state index in [4.69, 9.17) is 26.8 Å². The van der Waals surface area contributed by atoms with Gasteiger partial charge >= 0.3 is 5.97 Å². The van der Waals surface area contributed by atoms with Crippen molar-refractivity contribution in [2.75, 3.05) is 11.8 Å². The van der Waals surface area contributed by atoms with Crippen LogP contribution < -0.4 is 15.2 Å². The van der Waals surface area contributed by atoms with Crippen molar-refractivity contribution in [1.82, 2.24) is 0 Å². The molecule has 3 N–H and O–H groups in total. The quantitative estimate of drug-likeness (QED) is 0.671. The highest BCUT2D eigenvalue weighted by Crippen LogP contribution is 2.26. The first-order valence-corrected chi connectivity index (χ1v) is 9.47. The second-order valence-corrected chi connectivity index (χ2v) is 7.49. The van der Waals surface area contributed by atoms with Crippen LogP contribution in [0, 0.1) is 0 Å². The lowest BCUT2D eigenvalue weighted by Crippen LogP contribution is -2.30. The average molecular weight is 413 g/mol. The van der Waals surface area contributed by atoms with Crippen molar-refractivity contribution in [1.29, 1.82) is 0 Å². The van der Waals surface area contributed by atoms with Crippen LogP contribution in [-0.4, -0.2) is 33.5 Å². The minimum absolute atomic E-state index is 0.0875. The molecule has 8 nitrogen and oxygen atoms in total. The highest BCUT2D eigenvalue weighted by molar-refractivity contribution is 7.92. The molecule has 0 fully saturated rings. The monoisotopic (exact) mass is 412 g/mol. The van der Waals surface area contributed by atoms with Crippen LogP contribution in [0.3, 0.4) is 0 Å². The van der Waals surface area contributed by atoms with Gasteiger partial charge < -0.3 is 15.2 Å². The number of anilines is 1. The molecule has 2 rings (SSSR count). The topological polar surface area (TPSA) is 125 Å². The Hall–Kier alpha value is -2.78. The molecule has 0 spiro atoms. The summed E-state index contributed by atoms with van der Waals surface area (Å²) in [6, 6.07) is 9.77. The number of nitrogens with two attached hydrogens (primary N) is 1. The molecular formula is C17H17ClN2O6S.